The minimum Gasteiger partial charge on any atom is -0.457 e. The molecule has 0 saturated carbocycles. The molecule has 0 spiro atoms. The second-order valence-corrected chi connectivity index (χ2v) is 9.68. The Kier molecular flexibility index (Phi) is 5.56. The molecule has 2 heterocycles. The van der Waals surface area contributed by atoms with Crippen LogP contribution in [0.5, 0.6) is 0 Å². The van der Waals surface area contributed by atoms with E-state index in [1.807, 2.05) is 36.4 Å². The molecule has 1 fully saturated rings. The number of rotatable bonds is 4. The Bertz CT molecular complexity index is 1650. The van der Waals surface area contributed by atoms with Gasteiger partial charge in [0.2, 0.25) is 10.0 Å². The average molecular weight is 504 g/mol. The minimum absolute atomic E-state index is 0.0106. The number of carbonyl (C=O) groups is 2. The number of nitrogens with one attached hydrogen (secondary N) is 1. The van der Waals surface area contributed by atoms with Crippen LogP contribution in [-0.2, 0) is 19.6 Å². The lowest BCUT2D eigenvalue weighted by Gasteiger charge is -2.29. The van der Waals surface area contributed by atoms with E-state index in [1.54, 1.807) is 30.3 Å². The second kappa shape index (κ2) is 8.58. The van der Waals surface area contributed by atoms with Gasteiger partial charge in [-0.1, -0.05) is 36.4 Å². The zero-order valence-electron chi connectivity index (χ0n) is 18.0. The minimum atomic E-state index is -3.81. The molecular formula is C25H17N3O5S2. The van der Waals surface area contributed by atoms with Crippen LogP contribution in [0.25, 0.3) is 28.2 Å². The maximum Gasteiger partial charge on any atom is 0.270 e. The van der Waals surface area contributed by atoms with Gasteiger partial charge < -0.3 is 4.42 Å². The van der Waals surface area contributed by atoms with E-state index < -0.39 is 21.8 Å². The lowest BCUT2D eigenvalue weighted by atomic mass is 10.1. The fraction of sp³-hybridized carbons (Fsp3) is 0. The third-order valence-corrected chi connectivity index (χ3v) is 6.70. The second-order valence-electron chi connectivity index (χ2n) is 7.73. The molecule has 10 heteroatoms. The number of hydrogen-bond acceptors (Lipinski definition) is 6. The van der Waals surface area contributed by atoms with Gasteiger partial charge in [0.05, 0.1) is 10.6 Å². The summed E-state index contributed by atoms with van der Waals surface area (Å²) < 4.78 is 28.7. The Hall–Kier alpha value is -4.12. The third-order valence-electron chi connectivity index (χ3n) is 5.49. The number of furan rings is 1. The molecule has 0 atom stereocenters. The van der Waals surface area contributed by atoms with Gasteiger partial charge in [0, 0.05) is 10.9 Å². The van der Waals surface area contributed by atoms with Crippen LogP contribution in [0, 0.1) is 0 Å². The summed E-state index contributed by atoms with van der Waals surface area (Å²) in [5.74, 6) is -0.528. The Morgan fingerprint density at radius 2 is 1.63 bits per heavy atom. The zero-order chi connectivity index (χ0) is 24.7. The van der Waals surface area contributed by atoms with Crippen LogP contribution in [0.15, 0.2) is 93.7 Å². The molecule has 8 nitrogen and oxygen atoms in total. The number of sulfonamides is 1. The van der Waals surface area contributed by atoms with Gasteiger partial charge in [-0.2, -0.15) is 0 Å². The lowest BCUT2D eigenvalue weighted by molar-refractivity contribution is -0.122. The predicted octanol–water partition coefficient (Wildman–Crippen LogP) is 3.58. The summed E-state index contributed by atoms with van der Waals surface area (Å²) in [6, 6.07) is 22.1. The molecule has 1 saturated heterocycles. The van der Waals surface area contributed by atoms with Crippen molar-refractivity contribution in [2.24, 2.45) is 5.14 Å². The molecule has 35 heavy (non-hydrogen) atoms. The van der Waals surface area contributed by atoms with Crippen molar-refractivity contribution in [3.63, 3.8) is 0 Å². The Labute approximate surface area is 205 Å². The first kappa shape index (κ1) is 22.7. The monoisotopic (exact) mass is 503 g/mol. The van der Waals surface area contributed by atoms with Crippen LogP contribution in [0.2, 0.25) is 0 Å². The topological polar surface area (TPSA) is 123 Å². The molecule has 1 aliphatic rings. The van der Waals surface area contributed by atoms with E-state index >= 15 is 0 Å². The Balaban J connectivity index is 1.49. The molecule has 4 aromatic rings. The standard InChI is InChI=1S/C25H17N3O5S2/c26-35(31,32)18-11-8-16(9-12-18)22-13-10-17(33-22)14-20-23(29)27-25(34)28(24(20)30)21-7-3-5-15-4-1-2-6-19(15)21/h1-14H,(H2,26,31,32)(H,27,29,34). The van der Waals surface area contributed by atoms with Crippen molar-refractivity contribution in [3.8, 4) is 11.3 Å². The molecule has 1 aromatic heterocycles. The van der Waals surface area contributed by atoms with Gasteiger partial charge >= 0.3 is 0 Å². The van der Waals surface area contributed by atoms with Crippen LogP contribution < -0.4 is 15.4 Å². The number of thiocarbonyl (C=S) groups is 1. The number of hydrogen-bond donors (Lipinski definition) is 2. The first-order chi connectivity index (χ1) is 16.7. The van der Waals surface area contributed by atoms with E-state index in [2.05, 4.69) is 5.32 Å². The number of carbonyl (C=O) groups excluding carboxylic acids is 2. The van der Waals surface area contributed by atoms with Gasteiger partial charge in [-0.25, -0.2) is 13.6 Å². The van der Waals surface area contributed by atoms with Gasteiger partial charge in [0.1, 0.15) is 17.1 Å². The summed E-state index contributed by atoms with van der Waals surface area (Å²) in [4.78, 5) is 27.3. The summed E-state index contributed by atoms with van der Waals surface area (Å²) in [5.41, 5.74) is 1.01. The SMILES string of the molecule is NS(=O)(=O)c1ccc(-c2ccc(C=C3C(=O)NC(=S)N(c4cccc5ccccc45)C3=O)o2)cc1. The highest BCUT2D eigenvalue weighted by Gasteiger charge is 2.35. The normalized spacial score (nSPS) is 15.6. The number of fused-ring (bicyclic) bond motifs is 1. The molecule has 0 radical (unpaired) electrons. The lowest BCUT2D eigenvalue weighted by Crippen LogP contribution is -2.54. The quantitative estimate of drug-likeness (QED) is 0.249. The zero-order valence-corrected chi connectivity index (χ0v) is 19.6. The first-order valence-electron chi connectivity index (χ1n) is 10.3. The Morgan fingerprint density at radius 1 is 0.914 bits per heavy atom. The molecule has 0 unspecified atom stereocenters. The largest absolute Gasteiger partial charge is 0.457 e. The highest BCUT2D eigenvalue weighted by atomic mass is 32.2. The number of anilines is 1. The molecule has 2 amide bonds. The summed E-state index contributed by atoms with van der Waals surface area (Å²) in [5, 5.41) is 9.42. The molecule has 1 aliphatic heterocycles. The molecule has 3 aromatic carbocycles. The fourth-order valence-electron chi connectivity index (χ4n) is 3.82. The van der Waals surface area contributed by atoms with Crippen molar-refractivity contribution in [2.45, 2.75) is 4.90 Å². The van der Waals surface area contributed by atoms with E-state index in [1.165, 1.54) is 23.1 Å². The molecule has 3 N–H and O–H groups in total. The van der Waals surface area contributed by atoms with E-state index in [0.29, 0.717) is 17.0 Å². The summed E-state index contributed by atoms with van der Waals surface area (Å²) in [6.45, 7) is 0. The summed E-state index contributed by atoms with van der Waals surface area (Å²) in [7, 11) is -3.81. The van der Waals surface area contributed by atoms with E-state index in [0.717, 1.165) is 10.8 Å². The molecule has 0 bridgehead atoms. The van der Waals surface area contributed by atoms with Gasteiger partial charge in [-0.05, 0) is 66.1 Å². The van der Waals surface area contributed by atoms with E-state index in [-0.39, 0.29) is 21.3 Å². The van der Waals surface area contributed by atoms with Gasteiger partial charge in [-0.15, -0.1) is 0 Å². The average Bonchev–Trinajstić information content (AvgIpc) is 3.30. The first-order valence-corrected chi connectivity index (χ1v) is 12.3. The van der Waals surface area contributed by atoms with Crippen LogP contribution in [-0.4, -0.2) is 25.3 Å². The molecule has 0 aliphatic carbocycles. The predicted molar refractivity (Wildman–Crippen MR) is 136 cm³/mol. The molecular weight excluding hydrogens is 486 g/mol. The number of benzene rings is 3. The van der Waals surface area contributed by atoms with Crippen molar-refractivity contribution in [1.82, 2.24) is 5.32 Å². The molecule has 5 rings (SSSR count). The smallest absolute Gasteiger partial charge is 0.270 e. The highest BCUT2D eigenvalue weighted by molar-refractivity contribution is 7.89. The number of nitrogens with zero attached hydrogens (tertiary/aromatic N) is 1. The van der Waals surface area contributed by atoms with Crippen molar-refractivity contribution in [1.29, 1.82) is 0 Å². The van der Waals surface area contributed by atoms with Crippen molar-refractivity contribution in [3.05, 3.63) is 90.2 Å². The van der Waals surface area contributed by atoms with Gasteiger partial charge in [0.25, 0.3) is 11.8 Å². The van der Waals surface area contributed by atoms with E-state index in [9.17, 15) is 18.0 Å². The maximum absolute atomic E-state index is 13.4. The van der Waals surface area contributed by atoms with Gasteiger partial charge in [0.15, 0.2) is 5.11 Å². The van der Waals surface area contributed by atoms with E-state index in [4.69, 9.17) is 21.8 Å². The Morgan fingerprint density at radius 3 is 2.37 bits per heavy atom. The number of amides is 2. The van der Waals surface area contributed by atoms with Crippen LogP contribution >= 0.6 is 12.2 Å². The fourth-order valence-corrected chi connectivity index (χ4v) is 4.61. The number of nitrogens with two attached hydrogens (primary N) is 1. The van der Waals surface area contributed by atoms with Crippen LogP contribution in [0.1, 0.15) is 5.76 Å². The van der Waals surface area contributed by atoms with Crippen molar-refractivity contribution in [2.75, 3.05) is 4.90 Å². The maximum atomic E-state index is 13.4. The summed E-state index contributed by atoms with van der Waals surface area (Å²) >= 11 is 5.32. The molecule has 174 valence electrons. The summed E-state index contributed by atoms with van der Waals surface area (Å²) in [6.07, 6.45) is 1.35. The third kappa shape index (κ3) is 4.26. The van der Waals surface area contributed by atoms with Crippen LogP contribution in [0.4, 0.5) is 5.69 Å². The van der Waals surface area contributed by atoms with Crippen molar-refractivity contribution < 1.29 is 22.4 Å². The number of primary sulfonamides is 1. The van der Waals surface area contributed by atoms with Crippen molar-refractivity contribution >= 4 is 61.7 Å². The van der Waals surface area contributed by atoms with Crippen LogP contribution in [0.3, 0.4) is 0 Å². The van der Waals surface area contributed by atoms with Gasteiger partial charge in [-0.3, -0.25) is 19.8 Å². The highest BCUT2D eigenvalue weighted by Crippen LogP contribution is 2.30.